The number of benzene rings is 1. The Morgan fingerprint density at radius 2 is 0.923 bits per heavy atom. The van der Waals surface area contributed by atoms with Crippen LogP contribution in [0.15, 0.2) is 61.1 Å². The third-order valence-corrected chi connectivity index (χ3v) is 24.4. The van der Waals surface area contributed by atoms with Gasteiger partial charge < -0.3 is 65.1 Å². The lowest BCUT2D eigenvalue weighted by Gasteiger charge is -2.37. The van der Waals surface area contributed by atoms with Gasteiger partial charge in [0.15, 0.2) is 0 Å². The van der Waals surface area contributed by atoms with Crippen molar-refractivity contribution < 1.29 is 57.9 Å². The topological polar surface area (TPSA) is 315 Å². The number of halogens is 3. The number of thiophene rings is 3. The number of hydrogen-bond acceptors (Lipinski definition) is 23. The Hall–Kier alpha value is -7.51. The Balaban J connectivity index is 0.000000158. The third-order valence-electron chi connectivity index (χ3n) is 19.2. The molecule has 104 heavy (non-hydrogen) atoms. The monoisotopic (exact) mass is 1540 g/mol. The van der Waals surface area contributed by atoms with E-state index in [4.69, 9.17) is 53.8 Å². The van der Waals surface area contributed by atoms with Crippen LogP contribution in [0.4, 0.5) is 17.8 Å². The van der Waals surface area contributed by atoms with Gasteiger partial charge in [-0.1, -0.05) is 64.6 Å². The maximum absolute atomic E-state index is 13.7. The first-order chi connectivity index (χ1) is 49.2. The van der Waals surface area contributed by atoms with Gasteiger partial charge in [0, 0.05) is 72.4 Å². The molecule has 6 N–H and O–H groups in total. The summed E-state index contributed by atoms with van der Waals surface area (Å²) < 4.78 is 21.8. The van der Waals surface area contributed by atoms with E-state index >= 15 is 0 Å². The van der Waals surface area contributed by atoms with E-state index in [2.05, 4.69) is 51.2 Å². The van der Waals surface area contributed by atoms with Crippen molar-refractivity contribution >= 4 is 122 Å². The van der Waals surface area contributed by atoms with E-state index in [1.807, 2.05) is 106 Å². The number of carbonyl (C=O) groups is 6. The molecule has 31 heteroatoms. The number of nitrogens with zero attached hydrogens (tertiary/aromatic N) is 9. The van der Waals surface area contributed by atoms with Crippen LogP contribution in [0.2, 0.25) is 15.1 Å². The Bertz CT molecular complexity index is 4390. The van der Waals surface area contributed by atoms with Crippen LogP contribution >= 0.6 is 68.8 Å². The number of aryl methyl sites for hydroxylation is 1. The quantitative estimate of drug-likeness (QED) is 0.0435. The van der Waals surface area contributed by atoms with Gasteiger partial charge in [0.2, 0.25) is 23.8 Å². The number of fused-ring (bicyclic) bond motifs is 3. The molecular formula is C73H88Cl3N13O12S3. The van der Waals surface area contributed by atoms with E-state index in [0.29, 0.717) is 106 Å². The zero-order valence-corrected chi connectivity index (χ0v) is 65.1. The molecule has 25 nitrogen and oxygen atoms in total. The van der Waals surface area contributed by atoms with Gasteiger partial charge in [-0.15, -0.1) is 34.0 Å². The van der Waals surface area contributed by atoms with E-state index in [-0.39, 0.29) is 48.4 Å². The summed E-state index contributed by atoms with van der Waals surface area (Å²) >= 11 is 23.7. The van der Waals surface area contributed by atoms with Crippen LogP contribution < -0.4 is 21.3 Å². The fraction of sp³-hybridized carbons (Fsp3) is 0.507. The van der Waals surface area contributed by atoms with Gasteiger partial charge in [0.25, 0.3) is 17.7 Å². The number of ether oxygens (including phenoxy) is 4. The molecule has 0 spiro atoms. The minimum atomic E-state index is -1.03. The summed E-state index contributed by atoms with van der Waals surface area (Å²) in [6, 6.07) is 10.8. The number of carbonyl (C=O) groups excluding carboxylic acids is 5. The number of carboxylic acid groups (broad SMARTS) is 1. The van der Waals surface area contributed by atoms with Crippen molar-refractivity contribution in [3.63, 3.8) is 0 Å². The van der Waals surface area contributed by atoms with Gasteiger partial charge in [0.05, 0.1) is 94.2 Å². The molecule has 13 rings (SSSR count). The molecule has 556 valence electrons. The van der Waals surface area contributed by atoms with Gasteiger partial charge in [-0.05, 0) is 152 Å². The van der Waals surface area contributed by atoms with Crippen LogP contribution in [0.5, 0.6) is 0 Å². The van der Waals surface area contributed by atoms with Crippen molar-refractivity contribution in [1.29, 1.82) is 0 Å². The van der Waals surface area contributed by atoms with Crippen LogP contribution in [0, 0.1) is 6.92 Å². The molecule has 6 aliphatic rings. The molecular weight excluding hydrogens is 1450 g/mol. The Kier molecular flexibility index (Phi) is 23.5. The van der Waals surface area contributed by atoms with Gasteiger partial charge in [-0.25, -0.2) is 39.5 Å². The summed E-state index contributed by atoms with van der Waals surface area (Å²) in [7, 11) is 0. The third kappa shape index (κ3) is 16.4. The first-order valence-electron chi connectivity index (χ1n) is 34.7. The summed E-state index contributed by atoms with van der Waals surface area (Å²) in [5.41, 5.74) is 2.36. The molecule has 1 aromatic carbocycles. The molecule has 7 aromatic rings. The average Bonchev–Trinajstić information content (AvgIpc) is 1.59. The van der Waals surface area contributed by atoms with E-state index in [1.165, 1.54) is 45.8 Å². The number of amides is 4. The van der Waals surface area contributed by atoms with Gasteiger partial charge in [-0.3, -0.25) is 19.2 Å². The minimum absolute atomic E-state index is 0.202. The van der Waals surface area contributed by atoms with Crippen LogP contribution in [-0.2, 0) is 49.9 Å². The number of carboxylic acids is 1. The number of aliphatic hydroxyl groups is 1. The first kappa shape index (κ1) is 77.6. The fourth-order valence-electron chi connectivity index (χ4n) is 13.9. The highest BCUT2D eigenvalue weighted by Gasteiger charge is 2.52. The fourth-order valence-corrected chi connectivity index (χ4v) is 18.4. The number of aliphatic hydroxyl groups excluding tert-OH is 1. The van der Waals surface area contributed by atoms with Crippen LogP contribution in [0.1, 0.15) is 184 Å². The van der Waals surface area contributed by atoms with E-state index in [0.717, 1.165) is 78.9 Å². The molecule has 4 atom stereocenters. The Morgan fingerprint density at radius 3 is 1.24 bits per heavy atom. The van der Waals surface area contributed by atoms with Gasteiger partial charge >= 0.3 is 11.9 Å². The molecule has 0 saturated carbocycles. The summed E-state index contributed by atoms with van der Waals surface area (Å²) in [6.45, 7) is 27.8. The number of hydrogen-bond donors (Lipinski definition) is 6. The molecule has 4 amide bonds. The standard InChI is InChI=1S/C29H34ClN5O4S.C24H31ClN4O4S.C20H23ClN4O4S/c1-16-6-5-7-18(12-16)22(15-36)33-26(37)17(2)35-27(38)20-13-23(40-25(20)29(35,3)4)24-21(30)14-31-28(34-24)32-19-8-10-39-11-9-19;1-13(21(31)33-23(2,3)4)29-20(30)15-11-17(34-19(15)24(29,5)6)18-16(25)12-26-22(28-18)27-14-7-9-32-10-8-14;1-10(18(27)28)25-17(26)12-8-14(30-16(12)20(25,2)3)15-13(21)9-22-19(24-15)23-11-4-6-29-7-5-11/h5-7,12-14,17,19,22,36H,8-11,15H2,1-4H3,(H,33,37)(H,31,32,34);11-14H,7-10H2,1-6H3,(H,26,27,28);8-11H,4-7H2,1-3H3,(H,27,28)(H,22,23,24)/t17?,22-;;/m1../s1. The lowest BCUT2D eigenvalue weighted by Crippen LogP contribution is -2.52. The van der Waals surface area contributed by atoms with E-state index in [1.54, 1.807) is 48.3 Å². The zero-order chi connectivity index (χ0) is 75.1. The number of aromatic nitrogens is 6. The number of esters is 1. The van der Waals surface area contributed by atoms with E-state index < -0.39 is 58.3 Å². The predicted octanol–water partition coefficient (Wildman–Crippen LogP) is 13.2. The number of nitrogens with one attached hydrogen (secondary N) is 4. The number of aliphatic carboxylic acids is 1. The van der Waals surface area contributed by atoms with Crippen molar-refractivity contribution in [3.8, 4) is 31.7 Å². The van der Waals surface area contributed by atoms with E-state index in [9.17, 15) is 39.0 Å². The normalized spacial score (nSPS) is 19.0. The second kappa shape index (κ2) is 31.5. The second-order valence-electron chi connectivity index (χ2n) is 29.1. The number of anilines is 3. The largest absolute Gasteiger partial charge is 0.480 e. The van der Waals surface area contributed by atoms with Crippen molar-refractivity contribution in [2.75, 3.05) is 62.2 Å². The minimum Gasteiger partial charge on any atom is -0.480 e. The summed E-state index contributed by atoms with van der Waals surface area (Å²) in [5.74, 6) is -1.03. The van der Waals surface area contributed by atoms with Crippen LogP contribution in [0.25, 0.3) is 31.7 Å². The van der Waals surface area contributed by atoms with Crippen LogP contribution in [-0.4, -0.2) is 178 Å². The summed E-state index contributed by atoms with van der Waals surface area (Å²) in [4.78, 5) is 114. The van der Waals surface area contributed by atoms with Crippen molar-refractivity contribution in [3.05, 3.63) is 119 Å². The first-order valence-corrected chi connectivity index (χ1v) is 38.3. The summed E-state index contributed by atoms with van der Waals surface area (Å²) in [5, 5.41) is 33.6. The molecule has 0 radical (unpaired) electrons. The lowest BCUT2D eigenvalue weighted by atomic mass is 10.0. The van der Waals surface area contributed by atoms with Gasteiger partial charge in [-0.2, -0.15) is 0 Å². The van der Waals surface area contributed by atoms with Crippen molar-refractivity contribution in [1.82, 2.24) is 49.9 Å². The molecule has 3 unspecified atom stereocenters. The van der Waals surface area contributed by atoms with Gasteiger partial charge in [0.1, 0.15) is 40.8 Å². The van der Waals surface area contributed by atoms with Crippen LogP contribution in [0.3, 0.4) is 0 Å². The molecule has 0 bridgehead atoms. The molecule has 6 aromatic heterocycles. The smallest absolute Gasteiger partial charge is 0.329 e. The molecule has 12 heterocycles. The highest BCUT2D eigenvalue weighted by atomic mass is 35.5. The molecule has 3 saturated heterocycles. The lowest BCUT2D eigenvalue weighted by molar-refractivity contribution is -0.161. The van der Waals surface area contributed by atoms with Crippen molar-refractivity contribution in [2.45, 2.75) is 193 Å². The highest BCUT2D eigenvalue weighted by Crippen LogP contribution is 2.51. The Labute approximate surface area is 631 Å². The maximum atomic E-state index is 13.7. The molecule has 6 aliphatic heterocycles. The second-order valence-corrected chi connectivity index (χ2v) is 33.5. The zero-order valence-electron chi connectivity index (χ0n) is 60.4. The average molecular weight is 1540 g/mol. The Morgan fingerprint density at radius 1 is 0.577 bits per heavy atom. The SMILES string of the molecule is CC(C(=O)O)N1C(=O)c2cc(-c3nc(NC4CCOCC4)ncc3Cl)sc2C1(C)C.CC(C(=O)OC(C)(C)C)N1C(=O)c2cc(-c3nc(NC4CCOCC4)ncc3Cl)sc2C1(C)C.Cc1cccc([C@@H](CO)NC(=O)C(C)N2C(=O)c3cc(-c4nc(NC5CCOCC5)ncc4Cl)sc3C2(C)C)c1. The van der Waals surface area contributed by atoms with Crippen molar-refractivity contribution in [2.24, 2.45) is 0 Å². The predicted molar refractivity (Wildman–Crippen MR) is 402 cm³/mol. The maximum Gasteiger partial charge on any atom is 0.329 e. The molecule has 0 aliphatic carbocycles. The highest BCUT2D eigenvalue weighted by molar-refractivity contribution is 7.17. The summed E-state index contributed by atoms with van der Waals surface area (Å²) in [6.07, 6.45) is 10.0. The molecule has 3 fully saturated rings. The number of rotatable bonds is 18.